The number of benzene rings is 1. The van der Waals surface area contributed by atoms with Gasteiger partial charge < -0.3 is 10.1 Å². The topological polar surface area (TPSA) is 98.1 Å². The first kappa shape index (κ1) is 20.2. The molecule has 0 atom stereocenters. The molecule has 3 aromatic rings. The van der Waals surface area contributed by atoms with Crippen LogP contribution >= 0.6 is 0 Å². The van der Waals surface area contributed by atoms with E-state index in [2.05, 4.69) is 20.6 Å². The van der Waals surface area contributed by atoms with Crippen molar-refractivity contribution >= 4 is 11.9 Å². The van der Waals surface area contributed by atoms with Crippen molar-refractivity contribution in [3.05, 3.63) is 88.7 Å². The minimum absolute atomic E-state index is 0.148. The van der Waals surface area contributed by atoms with Gasteiger partial charge in [0, 0.05) is 25.5 Å². The largest absolute Gasteiger partial charge is 0.444 e. The van der Waals surface area contributed by atoms with Gasteiger partial charge in [-0.2, -0.15) is 4.98 Å². The molecule has 2 N–H and O–H groups in total. The monoisotopic (exact) mass is 393 g/mol. The molecule has 8 nitrogen and oxygen atoms in total. The van der Waals surface area contributed by atoms with Crippen LogP contribution in [0.1, 0.15) is 17.7 Å². The molecule has 0 bridgehead atoms. The Morgan fingerprint density at radius 2 is 1.90 bits per heavy atom. The first-order valence-electron chi connectivity index (χ1n) is 9.36. The maximum atomic E-state index is 12.1. The van der Waals surface area contributed by atoms with E-state index in [1.807, 2.05) is 48.5 Å². The molecule has 150 valence electrons. The van der Waals surface area contributed by atoms with Gasteiger partial charge in [-0.3, -0.25) is 14.9 Å². The van der Waals surface area contributed by atoms with Gasteiger partial charge in [0.05, 0.1) is 5.69 Å². The third kappa shape index (κ3) is 6.86. The molecule has 0 unspecified atom stereocenters. The average Bonchev–Trinajstić information content (AvgIpc) is 2.75. The zero-order valence-electron chi connectivity index (χ0n) is 16.0. The summed E-state index contributed by atoms with van der Waals surface area (Å²) in [5.74, 6) is 0.164. The van der Waals surface area contributed by atoms with Crippen molar-refractivity contribution in [2.24, 2.45) is 0 Å². The van der Waals surface area contributed by atoms with Crippen LogP contribution in [-0.2, 0) is 24.4 Å². The number of rotatable bonds is 9. The minimum Gasteiger partial charge on any atom is -0.444 e. The molecule has 0 saturated heterocycles. The lowest BCUT2D eigenvalue weighted by atomic mass is 10.2. The summed E-state index contributed by atoms with van der Waals surface area (Å²) in [7, 11) is 0. The summed E-state index contributed by atoms with van der Waals surface area (Å²) in [4.78, 5) is 32.1. The van der Waals surface area contributed by atoms with Crippen LogP contribution in [0.15, 0.2) is 71.8 Å². The van der Waals surface area contributed by atoms with Crippen LogP contribution in [0.5, 0.6) is 0 Å². The highest BCUT2D eigenvalue weighted by molar-refractivity contribution is 5.83. The van der Waals surface area contributed by atoms with E-state index < -0.39 is 11.8 Å². The molecule has 0 radical (unpaired) electrons. The number of pyridine rings is 1. The summed E-state index contributed by atoms with van der Waals surface area (Å²) in [6.07, 6.45) is 3.48. The van der Waals surface area contributed by atoms with E-state index in [9.17, 15) is 9.59 Å². The van der Waals surface area contributed by atoms with E-state index in [0.29, 0.717) is 13.1 Å². The predicted molar refractivity (Wildman–Crippen MR) is 109 cm³/mol. The van der Waals surface area contributed by atoms with Crippen LogP contribution in [0.25, 0.3) is 0 Å². The molecule has 29 heavy (non-hydrogen) atoms. The van der Waals surface area contributed by atoms with Crippen molar-refractivity contribution in [2.45, 2.75) is 26.1 Å². The lowest BCUT2D eigenvalue weighted by Gasteiger charge is -2.09. The number of nitrogens with zero attached hydrogens (tertiary/aromatic N) is 3. The second-order valence-corrected chi connectivity index (χ2v) is 6.33. The number of amides is 1. The van der Waals surface area contributed by atoms with Crippen molar-refractivity contribution < 1.29 is 9.53 Å². The van der Waals surface area contributed by atoms with Gasteiger partial charge in [-0.05, 0) is 36.7 Å². The van der Waals surface area contributed by atoms with Crippen LogP contribution in [0, 0.1) is 0 Å². The van der Waals surface area contributed by atoms with Crippen molar-refractivity contribution in [3.8, 4) is 0 Å². The molecule has 0 aliphatic rings. The summed E-state index contributed by atoms with van der Waals surface area (Å²) in [6.45, 7) is 2.10. The minimum atomic E-state index is -0.655. The first-order valence-corrected chi connectivity index (χ1v) is 9.36. The molecule has 2 aromatic heterocycles. The Morgan fingerprint density at radius 1 is 1.07 bits per heavy atom. The maximum Gasteiger partial charge on any atom is 0.413 e. The van der Waals surface area contributed by atoms with E-state index in [-0.39, 0.29) is 12.4 Å². The van der Waals surface area contributed by atoms with Gasteiger partial charge in [0.1, 0.15) is 12.4 Å². The van der Waals surface area contributed by atoms with Crippen LogP contribution in [-0.4, -0.2) is 27.2 Å². The maximum absolute atomic E-state index is 12.1. The molecule has 2 heterocycles. The molecule has 1 aromatic carbocycles. The summed E-state index contributed by atoms with van der Waals surface area (Å²) in [5.41, 5.74) is 1.43. The van der Waals surface area contributed by atoms with Gasteiger partial charge in [-0.25, -0.2) is 9.59 Å². The number of nitrogens with one attached hydrogen (secondary N) is 2. The predicted octanol–water partition coefficient (Wildman–Crippen LogP) is 2.57. The highest BCUT2D eigenvalue weighted by Crippen LogP contribution is 2.04. The average molecular weight is 393 g/mol. The van der Waals surface area contributed by atoms with E-state index in [1.165, 1.54) is 4.57 Å². The molecule has 0 spiro atoms. The van der Waals surface area contributed by atoms with Gasteiger partial charge in [-0.15, -0.1) is 0 Å². The second-order valence-electron chi connectivity index (χ2n) is 6.33. The molecule has 1 amide bonds. The van der Waals surface area contributed by atoms with Crippen LogP contribution < -0.4 is 16.3 Å². The normalized spacial score (nSPS) is 10.5. The fourth-order valence-corrected chi connectivity index (χ4v) is 2.63. The van der Waals surface area contributed by atoms with Gasteiger partial charge >= 0.3 is 11.8 Å². The summed E-state index contributed by atoms with van der Waals surface area (Å²) >= 11 is 0. The molecular weight excluding hydrogens is 370 g/mol. The highest BCUT2D eigenvalue weighted by atomic mass is 16.5. The van der Waals surface area contributed by atoms with Crippen LogP contribution in [0.4, 0.5) is 10.6 Å². The summed E-state index contributed by atoms with van der Waals surface area (Å²) in [5, 5.41) is 5.75. The number of anilines is 1. The lowest BCUT2D eigenvalue weighted by molar-refractivity contribution is 0.155. The van der Waals surface area contributed by atoms with Gasteiger partial charge in [0.2, 0.25) is 0 Å². The van der Waals surface area contributed by atoms with Crippen molar-refractivity contribution in [1.82, 2.24) is 19.9 Å². The zero-order chi connectivity index (χ0) is 20.3. The van der Waals surface area contributed by atoms with Crippen molar-refractivity contribution in [3.63, 3.8) is 0 Å². The second kappa shape index (κ2) is 10.7. The van der Waals surface area contributed by atoms with E-state index >= 15 is 0 Å². The standard InChI is InChI=1S/C21H23N5O3/c27-20-24-19(25-21(28)29-16-17-7-2-1-3-8-17)10-14-26(20)13-6-11-22-15-18-9-4-5-12-23-18/h1-5,7-10,12,14,22H,6,11,13,15-16H2,(H,24,25,27,28). The SMILES string of the molecule is O=C(Nc1ccn(CCCNCc2ccccn2)c(=O)n1)OCc1ccccc1. The molecule has 0 aliphatic carbocycles. The van der Waals surface area contributed by atoms with E-state index in [1.54, 1.807) is 18.5 Å². The molecule has 0 saturated carbocycles. The lowest BCUT2D eigenvalue weighted by Crippen LogP contribution is -2.26. The number of carbonyl (C=O) groups excluding carboxylic acids is 1. The van der Waals surface area contributed by atoms with Gasteiger partial charge in [0.15, 0.2) is 0 Å². The van der Waals surface area contributed by atoms with E-state index in [4.69, 9.17) is 4.74 Å². The van der Waals surface area contributed by atoms with Gasteiger partial charge in [0.25, 0.3) is 0 Å². The Labute approximate surface area is 168 Å². The first-order chi connectivity index (χ1) is 14.2. The van der Waals surface area contributed by atoms with Crippen LogP contribution in [0.2, 0.25) is 0 Å². The van der Waals surface area contributed by atoms with E-state index in [0.717, 1.165) is 24.2 Å². The summed E-state index contributed by atoms with van der Waals surface area (Å²) in [6, 6.07) is 16.7. The Morgan fingerprint density at radius 3 is 2.66 bits per heavy atom. The molecule has 3 rings (SSSR count). The zero-order valence-corrected chi connectivity index (χ0v) is 16.0. The number of aryl methyl sites for hydroxylation is 1. The molecular formula is C21H23N5O3. The van der Waals surface area contributed by atoms with Crippen molar-refractivity contribution in [1.29, 1.82) is 0 Å². The van der Waals surface area contributed by atoms with Crippen LogP contribution in [0.3, 0.4) is 0 Å². The number of hydrogen-bond acceptors (Lipinski definition) is 6. The Kier molecular flexibility index (Phi) is 7.48. The highest BCUT2D eigenvalue weighted by Gasteiger charge is 2.06. The third-order valence-electron chi connectivity index (χ3n) is 4.10. The fraction of sp³-hybridized carbons (Fsp3) is 0.238. The molecule has 0 fully saturated rings. The third-order valence-corrected chi connectivity index (χ3v) is 4.10. The number of carbonyl (C=O) groups is 1. The Balaban J connectivity index is 1.40. The number of ether oxygens (including phenoxy) is 1. The smallest absolute Gasteiger partial charge is 0.413 e. The molecule has 0 aliphatic heterocycles. The van der Waals surface area contributed by atoms with Gasteiger partial charge in [-0.1, -0.05) is 36.4 Å². The Bertz CT molecular complexity index is 961. The number of aromatic nitrogens is 3. The quantitative estimate of drug-likeness (QED) is 0.542. The molecule has 8 heteroatoms. The Hall–Kier alpha value is -3.52. The summed E-state index contributed by atoms with van der Waals surface area (Å²) < 4.78 is 6.62. The fourth-order valence-electron chi connectivity index (χ4n) is 2.63. The number of hydrogen-bond donors (Lipinski definition) is 2. The van der Waals surface area contributed by atoms with Crippen molar-refractivity contribution in [2.75, 3.05) is 11.9 Å².